The van der Waals surface area contributed by atoms with E-state index in [0.29, 0.717) is 11.8 Å². The summed E-state index contributed by atoms with van der Waals surface area (Å²) in [5.41, 5.74) is 0. The van der Waals surface area contributed by atoms with E-state index in [0.717, 1.165) is 25.9 Å². The maximum Gasteiger partial charge on any atom is 0.260 e. The SMILES string of the molecule is CN1CCC(N(C)C(=O)COc2cccnc2)CC1. The molecule has 1 aliphatic rings. The smallest absolute Gasteiger partial charge is 0.260 e. The van der Waals surface area contributed by atoms with Crippen LogP contribution in [0.15, 0.2) is 24.5 Å². The molecule has 1 aromatic rings. The molecule has 0 atom stereocenters. The fraction of sp³-hybridized carbons (Fsp3) is 0.571. The molecule has 0 bridgehead atoms. The number of piperidine rings is 1. The average Bonchev–Trinajstić information content (AvgIpc) is 2.46. The predicted molar refractivity (Wildman–Crippen MR) is 73.0 cm³/mol. The minimum Gasteiger partial charge on any atom is -0.482 e. The molecular weight excluding hydrogens is 242 g/mol. The second-order valence-corrected chi connectivity index (χ2v) is 5.02. The molecule has 2 heterocycles. The van der Waals surface area contributed by atoms with Gasteiger partial charge in [0.15, 0.2) is 6.61 Å². The maximum atomic E-state index is 12.1. The number of hydrogen-bond acceptors (Lipinski definition) is 4. The van der Waals surface area contributed by atoms with E-state index in [-0.39, 0.29) is 12.5 Å². The zero-order valence-electron chi connectivity index (χ0n) is 11.6. The van der Waals surface area contributed by atoms with E-state index in [4.69, 9.17) is 4.74 Å². The molecule has 0 aromatic carbocycles. The van der Waals surface area contributed by atoms with Crippen LogP contribution < -0.4 is 4.74 Å². The summed E-state index contributed by atoms with van der Waals surface area (Å²) >= 11 is 0. The molecule has 5 nitrogen and oxygen atoms in total. The number of carbonyl (C=O) groups excluding carboxylic acids is 1. The molecule has 1 aliphatic heterocycles. The third-order valence-corrected chi connectivity index (χ3v) is 3.63. The number of amides is 1. The molecule has 1 fully saturated rings. The van der Waals surface area contributed by atoms with Crippen molar-refractivity contribution < 1.29 is 9.53 Å². The van der Waals surface area contributed by atoms with Crippen LogP contribution in [0.5, 0.6) is 5.75 Å². The highest BCUT2D eigenvalue weighted by atomic mass is 16.5. The highest BCUT2D eigenvalue weighted by Gasteiger charge is 2.23. The lowest BCUT2D eigenvalue weighted by atomic mass is 10.0. The Morgan fingerprint density at radius 1 is 1.53 bits per heavy atom. The Hall–Kier alpha value is -1.62. The number of ether oxygens (including phenoxy) is 1. The molecule has 104 valence electrons. The van der Waals surface area contributed by atoms with E-state index in [1.807, 2.05) is 11.9 Å². The van der Waals surface area contributed by atoms with Crippen molar-refractivity contribution in [2.24, 2.45) is 0 Å². The zero-order valence-corrected chi connectivity index (χ0v) is 11.6. The van der Waals surface area contributed by atoms with E-state index >= 15 is 0 Å². The van der Waals surface area contributed by atoms with Gasteiger partial charge in [0, 0.05) is 19.3 Å². The molecule has 1 aromatic heterocycles. The third kappa shape index (κ3) is 3.92. The van der Waals surface area contributed by atoms with Crippen molar-refractivity contribution in [3.05, 3.63) is 24.5 Å². The largest absolute Gasteiger partial charge is 0.482 e. The van der Waals surface area contributed by atoms with Crippen LogP contribution in [0.4, 0.5) is 0 Å². The van der Waals surface area contributed by atoms with Crippen LogP contribution in [0.2, 0.25) is 0 Å². The normalized spacial score (nSPS) is 17.2. The molecule has 0 spiro atoms. The molecule has 0 radical (unpaired) electrons. The predicted octanol–water partition coefficient (Wildman–Crippen LogP) is 1.01. The minimum atomic E-state index is 0.0263. The topological polar surface area (TPSA) is 45.7 Å². The zero-order chi connectivity index (χ0) is 13.7. The van der Waals surface area contributed by atoms with Gasteiger partial charge < -0.3 is 14.5 Å². The standard InChI is InChI=1S/C14H21N3O2/c1-16-8-5-12(6-9-16)17(2)14(18)11-19-13-4-3-7-15-10-13/h3-4,7,10,12H,5-6,8-9,11H2,1-2H3. The van der Waals surface area contributed by atoms with E-state index in [1.54, 1.807) is 24.5 Å². The molecule has 5 heteroatoms. The van der Waals surface area contributed by atoms with Crippen molar-refractivity contribution in [3.8, 4) is 5.75 Å². The van der Waals surface area contributed by atoms with E-state index < -0.39 is 0 Å². The summed E-state index contributed by atoms with van der Waals surface area (Å²) in [6.07, 6.45) is 5.36. The summed E-state index contributed by atoms with van der Waals surface area (Å²) in [7, 11) is 3.98. The van der Waals surface area contributed by atoms with Crippen molar-refractivity contribution in [3.63, 3.8) is 0 Å². The monoisotopic (exact) mass is 263 g/mol. The van der Waals surface area contributed by atoms with E-state index in [1.165, 1.54) is 0 Å². The van der Waals surface area contributed by atoms with Crippen LogP contribution in [-0.2, 0) is 4.79 Å². The summed E-state index contributed by atoms with van der Waals surface area (Å²) in [4.78, 5) is 20.1. The van der Waals surface area contributed by atoms with Crippen molar-refractivity contribution in [1.29, 1.82) is 0 Å². The number of nitrogens with zero attached hydrogens (tertiary/aromatic N) is 3. The maximum absolute atomic E-state index is 12.1. The second-order valence-electron chi connectivity index (χ2n) is 5.02. The van der Waals surface area contributed by atoms with Gasteiger partial charge >= 0.3 is 0 Å². The number of likely N-dealkylation sites (tertiary alicyclic amines) is 1. The quantitative estimate of drug-likeness (QED) is 0.813. The van der Waals surface area contributed by atoms with Crippen molar-refractivity contribution in [1.82, 2.24) is 14.8 Å². The van der Waals surface area contributed by atoms with Gasteiger partial charge in [-0.25, -0.2) is 0 Å². The summed E-state index contributed by atoms with van der Waals surface area (Å²) in [5, 5.41) is 0. The molecule has 1 saturated heterocycles. The molecule has 0 saturated carbocycles. The van der Waals surface area contributed by atoms with Crippen LogP contribution in [0.3, 0.4) is 0 Å². The summed E-state index contributed by atoms with van der Waals surface area (Å²) in [6, 6.07) is 3.93. The van der Waals surface area contributed by atoms with Gasteiger partial charge in [0.1, 0.15) is 5.75 Å². The Labute approximate surface area is 114 Å². The molecular formula is C14H21N3O2. The van der Waals surface area contributed by atoms with Crippen molar-refractivity contribution in [2.45, 2.75) is 18.9 Å². The van der Waals surface area contributed by atoms with Gasteiger partial charge in [-0.2, -0.15) is 0 Å². The first-order valence-corrected chi connectivity index (χ1v) is 6.64. The number of rotatable bonds is 4. The Kier molecular flexibility index (Phi) is 4.74. The molecule has 1 amide bonds. The van der Waals surface area contributed by atoms with Gasteiger partial charge in [-0.05, 0) is 45.1 Å². The lowest BCUT2D eigenvalue weighted by molar-refractivity contribution is -0.135. The van der Waals surface area contributed by atoms with Crippen LogP contribution in [-0.4, -0.2) is 60.5 Å². The van der Waals surface area contributed by atoms with Gasteiger partial charge in [-0.15, -0.1) is 0 Å². The number of aromatic nitrogens is 1. The van der Waals surface area contributed by atoms with Crippen LogP contribution in [0.25, 0.3) is 0 Å². The van der Waals surface area contributed by atoms with Crippen LogP contribution in [0.1, 0.15) is 12.8 Å². The minimum absolute atomic E-state index is 0.0263. The summed E-state index contributed by atoms with van der Waals surface area (Å²) in [5.74, 6) is 0.658. The Balaban J connectivity index is 1.79. The highest BCUT2D eigenvalue weighted by molar-refractivity contribution is 5.77. The third-order valence-electron chi connectivity index (χ3n) is 3.63. The molecule has 0 aliphatic carbocycles. The van der Waals surface area contributed by atoms with Gasteiger partial charge in [0.2, 0.25) is 0 Å². The van der Waals surface area contributed by atoms with Gasteiger partial charge in [-0.1, -0.05) is 0 Å². The van der Waals surface area contributed by atoms with Gasteiger partial charge in [-0.3, -0.25) is 9.78 Å². The molecule has 0 N–H and O–H groups in total. The molecule has 0 unspecified atom stereocenters. The first kappa shape index (κ1) is 13.8. The van der Waals surface area contributed by atoms with Crippen LogP contribution in [0, 0.1) is 0 Å². The highest BCUT2D eigenvalue weighted by Crippen LogP contribution is 2.14. The number of likely N-dealkylation sites (N-methyl/N-ethyl adjacent to an activating group) is 1. The molecule has 19 heavy (non-hydrogen) atoms. The average molecular weight is 263 g/mol. The van der Waals surface area contributed by atoms with Crippen molar-refractivity contribution >= 4 is 5.91 Å². The Bertz CT molecular complexity index is 402. The lowest BCUT2D eigenvalue weighted by Gasteiger charge is -2.35. The van der Waals surface area contributed by atoms with E-state index in [2.05, 4.69) is 16.9 Å². The summed E-state index contributed by atoms with van der Waals surface area (Å²) < 4.78 is 5.44. The fourth-order valence-electron chi connectivity index (χ4n) is 2.27. The lowest BCUT2D eigenvalue weighted by Crippen LogP contribution is -2.45. The van der Waals surface area contributed by atoms with Gasteiger partial charge in [0.05, 0.1) is 6.20 Å². The Morgan fingerprint density at radius 2 is 2.26 bits per heavy atom. The van der Waals surface area contributed by atoms with Crippen LogP contribution >= 0.6 is 0 Å². The first-order chi connectivity index (χ1) is 9.16. The fourth-order valence-corrected chi connectivity index (χ4v) is 2.27. The van der Waals surface area contributed by atoms with E-state index in [9.17, 15) is 4.79 Å². The second kappa shape index (κ2) is 6.52. The Morgan fingerprint density at radius 3 is 2.89 bits per heavy atom. The number of pyridine rings is 1. The van der Waals surface area contributed by atoms with Crippen molar-refractivity contribution in [2.75, 3.05) is 33.8 Å². The first-order valence-electron chi connectivity index (χ1n) is 6.64. The number of hydrogen-bond donors (Lipinski definition) is 0. The number of carbonyl (C=O) groups is 1. The van der Waals surface area contributed by atoms with Gasteiger partial charge in [0.25, 0.3) is 5.91 Å². The molecule has 2 rings (SSSR count). The summed E-state index contributed by atoms with van der Waals surface area (Å²) in [6.45, 7) is 2.17.